The molecule has 30 heavy (non-hydrogen) atoms. The second-order valence-electron chi connectivity index (χ2n) is 6.65. The molecule has 2 heterocycles. The number of benzene rings is 3. The molecule has 1 amide bonds. The Labute approximate surface area is 180 Å². The molecule has 0 saturated carbocycles. The molecule has 5 rings (SSSR count). The zero-order valence-electron chi connectivity index (χ0n) is 15.5. The van der Waals surface area contributed by atoms with Gasteiger partial charge in [-0.3, -0.25) is 9.59 Å². The van der Waals surface area contributed by atoms with Gasteiger partial charge >= 0.3 is 5.91 Å². The maximum atomic E-state index is 12.8. The van der Waals surface area contributed by atoms with E-state index in [0.717, 1.165) is 15.6 Å². The molecule has 0 spiro atoms. The minimum atomic E-state index is -0.688. The van der Waals surface area contributed by atoms with Crippen LogP contribution in [-0.4, -0.2) is 26.6 Å². The Hall–Kier alpha value is -3.71. The van der Waals surface area contributed by atoms with Gasteiger partial charge in [-0.2, -0.15) is 9.97 Å². The van der Waals surface area contributed by atoms with Crippen molar-refractivity contribution < 1.29 is 9.59 Å². The zero-order chi connectivity index (χ0) is 20.7. The first kappa shape index (κ1) is 18.3. The first-order valence-corrected chi connectivity index (χ1v) is 9.96. The molecular formula is C23H13BrN4O2. The Morgan fingerprint density at radius 2 is 1.27 bits per heavy atom. The van der Waals surface area contributed by atoms with Crippen LogP contribution in [0.3, 0.4) is 0 Å². The Bertz CT molecular complexity index is 1240. The number of anilines is 2. The normalized spacial score (nSPS) is 12.9. The van der Waals surface area contributed by atoms with E-state index in [4.69, 9.17) is 0 Å². The van der Waals surface area contributed by atoms with E-state index in [0.29, 0.717) is 22.9 Å². The summed E-state index contributed by atoms with van der Waals surface area (Å²) in [6.45, 7) is 0. The fraction of sp³-hybridized carbons (Fsp3) is 0. The van der Waals surface area contributed by atoms with Crippen LogP contribution in [0.2, 0.25) is 0 Å². The molecule has 0 N–H and O–H groups in total. The molecule has 0 unspecified atom stereocenters. The van der Waals surface area contributed by atoms with Gasteiger partial charge in [-0.05, 0) is 18.2 Å². The molecule has 4 aromatic rings. The maximum Gasteiger partial charge on any atom is 0.306 e. The molecule has 0 radical (unpaired) electrons. The smallest absolute Gasteiger partial charge is 0.283 e. The van der Waals surface area contributed by atoms with Crippen LogP contribution in [0.15, 0.2) is 83.3 Å². The predicted octanol–water partition coefficient (Wildman–Crippen LogP) is 4.83. The Kier molecular flexibility index (Phi) is 4.44. The minimum absolute atomic E-state index is 0.113. The number of Topliss-reactive ketones (excluding diaryl/α,β-unsaturated/α-hetero) is 1. The Morgan fingerprint density at radius 3 is 1.83 bits per heavy atom. The molecule has 1 aliphatic rings. The van der Waals surface area contributed by atoms with E-state index in [2.05, 4.69) is 30.9 Å². The number of rotatable bonds is 3. The second-order valence-corrected chi connectivity index (χ2v) is 7.56. The lowest BCUT2D eigenvalue weighted by molar-refractivity contribution is -0.113. The topological polar surface area (TPSA) is 76.1 Å². The molecule has 1 aliphatic heterocycles. The van der Waals surface area contributed by atoms with E-state index in [-0.39, 0.29) is 5.95 Å². The average Bonchev–Trinajstić information content (AvgIpc) is 3.04. The summed E-state index contributed by atoms with van der Waals surface area (Å²) in [7, 11) is 0. The van der Waals surface area contributed by atoms with Crippen LogP contribution < -0.4 is 4.90 Å². The number of amides is 1. The van der Waals surface area contributed by atoms with Gasteiger partial charge in [-0.1, -0.05) is 76.6 Å². The van der Waals surface area contributed by atoms with Crippen LogP contribution in [-0.2, 0) is 4.79 Å². The van der Waals surface area contributed by atoms with Gasteiger partial charge < -0.3 is 0 Å². The van der Waals surface area contributed by atoms with Gasteiger partial charge in [-0.15, -0.1) is 0 Å². The number of halogens is 1. The number of carbonyl (C=O) groups is 2. The fourth-order valence-corrected chi connectivity index (χ4v) is 3.67. The third kappa shape index (κ3) is 3.09. The van der Waals surface area contributed by atoms with Gasteiger partial charge in [0, 0.05) is 15.6 Å². The highest BCUT2D eigenvalue weighted by atomic mass is 79.9. The Balaban J connectivity index is 1.73. The van der Waals surface area contributed by atoms with E-state index in [9.17, 15) is 9.59 Å². The van der Waals surface area contributed by atoms with Crippen molar-refractivity contribution in [1.29, 1.82) is 0 Å². The number of nitrogens with zero attached hydrogens (tertiary/aromatic N) is 4. The summed E-state index contributed by atoms with van der Waals surface area (Å²) in [6.07, 6.45) is 0. The third-order valence-corrected chi connectivity index (χ3v) is 5.22. The number of carbonyl (C=O) groups excluding carboxylic acids is 2. The molecular weight excluding hydrogens is 444 g/mol. The van der Waals surface area contributed by atoms with Crippen LogP contribution in [0.25, 0.3) is 22.8 Å². The molecule has 0 fully saturated rings. The quantitative estimate of drug-likeness (QED) is 0.412. The van der Waals surface area contributed by atoms with Crippen molar-refractivity contribution in [3.63, 3.8) is 0 Å². The highest BCUT2D eigenvalue weighted by Gasteiger charge is 2.39. The number of fused-ring (bicyclic) bond motifs is 1. The van der Waals surface area contributed by atoms with E-state index in [1.54, 1.807) is 18.2 Å². The van der Waals surface area contributed by atoms with Crippen molar-refractivity contribution in [2.45, 2.75) is 0 Å². The van der Waals surface area contributed by atoms with Gasteiger partial charge in [0.1, 0.15) is 0 Å². The van der Waals surface area contributed by atoms with E-state index >= 15 is 0 Å². The highest BCUT2D eigenvalue weighted by Crippen LogP contribution is 2.36. The monoisotopic (exact) mass is 456 g/mol. The van der Waals surface area contributed by atoms with Gasteiger partial charge in [0.15, 0.2) is 11.6 Å². The lowest BCUT2D eigenvalue weighted by Crippen LogP contribution is -2.27. The van der Waals surface area contributed by atoms with Crippen molar-refractivity contribution in [3.8, 4) is 22.8 Å². The highest BCUT2D eigenvalue weighted by molar-refractivity contribution is 9.10. The molecule has 1 aromatic heterocycles. The summed E-state index contributed by atoms with van der Waals surface area (Å²) in [5, 5.41) is 0. The second kappa shape index (κ2) is 7.27. The number of aromatic nitrogens is 3. The summed E-state index contributed by atoms with van der Waals surface area (Å²) in [4.78, 5) is 40.3. The summed E-state index contributed by atoms with van der Waals surface area (Å²) in [5.74, 6) is -0.320. The molecule has 0 atom stereocenters. The zero-order valence-corrected chi connectivity index (χ0v) is 17.1. The molecule has 7 heteroatoms. The van der Waals surface area contributed by atoms with Crippen LogP contribution in [0.4, 0.5) is 11.6 Å². The van der Waals surface area contributed by atoms with Crippen molar-refractivity contribution in [2.75, 3.05) is 4.90 Å². The standard InChI is InChI=1S/C23H13BrN4O2/c24-16-11-12-18-17(13-16)19(29)22(30)28(18)23-26-20(14-7-3-1-4-8-14)25-21(27-23)15-9-5-2-6-10-15/h1-13H. The summed E-state index contributed by atoms with van der Waals surface area (Å²) < 4.78 is 0.717. The van der Waals surface area contributed by atoms with Crippen molar-refractivity contribution in [2.24, 2.45) is 0 Å². The lowest BCUT2D eigenvalue weighted by Gasteiger charge is -2.16. The minimum Gasteiger partial charge on any atom is -0.283 e. The van der Waals surface area contributed by atoms with E-state index in [1.165, 1.54) is 4.90 Å². The Morgan fingerprint density at radius 1 is 0.700 bits per heavy atom. The molecule has 0 saturated heterocycles. The first-order chi connectivity index (χ1) is 14.6. The van der Waals surface area contributed by atoms with E-state index < -0.39 is 11.7 Å². The summed E-state index contributed by atoms with van der Waals surface area (Å²) in [6, 6.07) is 24.0. The molecule has 0 bridgehead atoms. The SMILES string of the molecule is O=C1C(=O)N(c2nc(-c3ccccc3)nc(-c3ccccc3)n2)c2ccc(Br)cc21. The van der Waals surface area contributed by atoms with E-state index in [1.807, 2.05) is 60.7 Å². The van der Waals surface area contributed by atoms with Crippen molar-refractivity contribution in [3.05, 3.63) is 88.9 Å². The molecule has 3 aromatic carbocycles. The number of hydrogen-bond donors (Lipinski definition) is 0. The van der Waals surface area contributed by atoms with Crippen LogP contribution in [0, 0.1) is 0 Å². The lowest BCUT2D eigenvalue weighted by atomic mass is 10.1. The van der Waals surface area contributed by atoms with Crippen molar-refractivity contribution in [1.82, 2.24) is 15.0 Å². The molecule has 6 nitrogen and oxygen atoms in total. The fourth-order valence-electron chi connectivity index (χ4n) is 3.31. The van der Waals surface area contributed by atoms with Gasteiger partial charge in [0.05, 0.1) is 11.3 Å². The van der Waals surface area contributed by atoms with Gasteiger partial charge in [0.2, 0.25) is 5.95 Å². The average molecular weight is 457 g/mol. The molecule has 144 valence electrons. The largest absolute Gasteiger partial charge is 0.306 e. The van der Waals surface area contributed by atoms with Crippen molar-refractivity contribution >= 4 is 39.3 Å². The van der Waals surface area contributed by atoms with Crippen LogP contribution in [0.1, 0.15) is 10.4 Å². The molecule has 0 aliphatic carbocycles. The van der Waals surface area contributed by atoms with Crippen LogP contribution in [0.5, 0.6) is 0 Å². The summed E-state index contributed by atoms with van der Waals surface area (Å²) >= 11 is 3.35. The van der Waals surface area contributed by atoms with Gasteiger partial charge in [-0.25, -0.2) is 9.88 Å². The van der Waals surface area contributed by atoms with Crippen LogP contribution >= 0.6 is 15.9 Å². The third-order valence-electron chi connectivity index (χ3n) is 4.73. The summed E-state index contributed by atoms with van der Waals surface area (Å²) in [5.41, 5.74) is 2.34. The number of ketones is 1. The van der Waals surface area contributed by atoms with Gasteiger partial charge in [0.25, 0.3) is 5.78 Å². The number of hydrogen-bond acceptors (Lipinski definition) is 5. The maximum absolute atomic E-state index is 12.8. The predicted molar refractivity (Wildman–Crippen MR) is 116 cm³/mol. The first-order valence-electron chi connectivity index (χ1n) is 9.17.